The van der Waals surface area contributed by atoms with Crippen molar-refractivity contribution >= 4 is 27.6 Å². The van der Waals surface area contributed by atoms with Crippen molar-refractivity contribution in [3.63, 3.8) is 0 Å². The second-order valence-electron chi connectivity index (χ2n) is 8.81. The maximum absolute atomic E-state index is 12.8. The second-order valence-corrected chi connectivity index (χ2v) is 10.7. The van der Waals surface area contributed by atoms with Gasteiger partial charge in [0.05, 0.1) is 11.5 Å². The second kappa shape index (κ2) is 11.7. The molecule has 11 heteroatoms. The van der Waals surface area contributed by atoms with Gasteiger partial charge in [0.1, 0.15) is 6.10 Å². The molecule has 2 amide bonds. The molecule has 1 aliphatic rings. The van der Waals surface area contributed by atoms with E-state index in [-0.39, 0.29) is 24.4 Å². The van der Waals surface area contributed by atoms with Crippen LogP contribution in [0.3, 0.4) is 0 Å². The number of carbonyl (C=O) groups excluding carboxylic acids is 3. The number of amides is 2. The van der Waals surface area contributed by atoms with Crippen LogP contribution in [0.2, 0.25) is 0 Å². The van der Waals surface area contributed by atoms with E-state index in [0.29, 0.717) is 18.7 Å². The first kappa shape index (κ1) is 26.9. The fraction of sp³-hybridized carbons (Fsp3) is 0.591. The molecular weight excluding hydrogens is 450 g/mol. The molecule has 0 aromatic heterocycles. The Balaban J connectivity index is 1.85. The molecule has 2 rings (SSSR count). The number of nitrogens with one attached hydrogen (secondary N) is 2. The Morgan fingerprint density at radius 3 is 2.42 bits per heavy atom. The number of piperidine rings is 1. The highest BCUT2D eigenvalue weighted by molar-refractivity contribution is 7.89. The van der Waals surface area contributed by atoms with Crippen LogP contribution >= 0.6 is 0 Å². The van der Waals surface area contributed by atoms with Crippen molar-refractivity contribution in [1.29, 1.82) is 0 Å². The number of hydrogen-bond acceptors (Lipinski definition) is 7. The van der Waals surface area contributed by atoms with Gasteiger partial charge < -0.3 is 20.8 Å². The van der Waals surface area contributed by atoms with Crippen molar-refractivity contribution in [2.45, 2.75) is 57.1 Å². The van der Waals surface area contributed by atoms with E-state index >= 15 is 0 Å². The highest BCUT2D eigenvalue weighted by Crippen LogP contribution is 2.21. The largest absolute Gasteiger partial charge is 0.396 e. The smallest absolute Gasteiger partial charge is 0.287 e. The molecule has 0 radical (unpaired) electrons. The molecule has 0 unspecified atom stereocenters. The lowest BCUT2D eigenvalue weighted by molar-refractivity contribution is -0.139. The molecule has 33 heavy (non-hydrogen) atoms. The fourth-order valence-electron chi connectivity index (χ4n) is 3.30. The molecule has 1 heterocycles. The minimum absolute atomic E-state index is 0.0241. The summed E-state index contributed by atoms with van der Waals surface area (Å²) in [6, 6.07) is 6.24. The molecule has 0 aliphatic carbocycles. The maximum Gasteiger partial charge on any atom is 0.287 e. The molecule has 1 atom stereocenters. The van der Waals surface area contributed by atoms with E-state index in [9.17, 15) is 33.0 Å². The number of aliphatic hydroxyl groups is 2. The van der Waals surface area contributed by atoms with E-state index in [0.717, 1.165) is 19.3 Å². The fourth-order valence-corrected chi connectivity index (χ4v) is 4.89. The predicted molar refractivity (Wildman–Crippen MR) is 120 cm³/mol. The number of Topliss-reactive ketones (excluding diaryl/α,β-unsaturated/α-hetero) is 1. The zero-order chi connectivity index (χ0) is 24.6. The summed E-state index contributed by atoms with van der Waals surface area (Å²) in [5, 5.41) is 23.9. The normalized spacial score (nSPS) is 16.1. The highest BCUT2D eigenvalue weighted by atomic mass is 32.2. The zero-order valence-electron chi connectivity index (χ0n) is 19.0. The Hall–Kier alpha value is -2.34. The Morgan fingerprint density at radius 2 is 1.79 bits per heavy atom. The summed E-state index contributed by atoms with van der Waals surface area (Å²) in [6.07, 6.45) is 0.940. The van der Waals surface area contributed by atoms with E-state index in [2.05, 4.69) is 10.6 Å². The van der Waals surface area contributed by atoms with Crippen LogP contribution in [-0.2, 0) is 31.0 Å². The van der Waals surface area contributed by atoms with Gasteiger partial charge in [0.2, 0.25) is 21.7 Å². The number of ketones is 1. The monoisotopic (exact) mass is 483 g/mol. The summed E-state index contributed by atoms with van der Waals surface area (Å²) >= 11 is 0. The molecule has 1 saturated heterocycles. The summed E-state index contributed by atoms with van der Waals surface area (Å²) in [4.78, 5) is 36.2. The van der Waals surface area contributed by atoms with Crippen LogP contribution in [-0.4, -0.2) is 72.9 Å². The summed E-state index contributed by atoms with van der Waals surface area (Å²) in [5.74, 6) is -2.36. The van der Waals surface area contributed by atoms with E-state index in [1.54, 1.807) is 12.1 Å². The van der Waals surface area contributed by atoms with Gasteiger partial charge in [-0.05, 0) is 30.5 Å². The molecular formula is C22H33N3O7S. The maximum atomic E-state index is 12.8. The standard InChI is InChI=1S/C22H33N3O7S/c1-22(2,15-26)19(28)21(30)23-10-9-18(27)20(29)24-14-16-7-6-8-17(13-16)33(31,32)25-11-4-3-5-12-25/h6-8,13,19,26,28H,3-5,9-12,14-15H2,1-2H3,(H,23,30)(H,24,29)/t19-/m0/s1. The van der Waals surface area contributed by atoms with Crippen LogP contribution in [0.1, 0.15) is 45.1 Å². The minimum atomic E-state index is -3.60. The van der Waals surface area contributed by atoms with E-state index in [1.165, 1.54) is 30.3 Å². The van der Waals surface area contributed by atoms with E-state index in [1.807, 2.05) is 0 Å². The number of sulfonamides is 1. The van der Waals surface area contributed by atoms with Gasteiger partial charge in [-0.2, -0.15) is 4.31 Å². The number of nitrogens with zero attached hydrogens (tertiary/aromatic N) is 1. The van der Waals surface area contributed by atoms with Crippen molar-refractivity contribution < 1.29 is 33.0 Å². The predicted octanol–water partition coefficient (Wildman–Crippen LogP) is -0.0678. The summed E-state index contributed by atoms with van der Waals surface area (Å²) < 4.78 is 27.1. The van der Waals surface area contributed by atoms with Crippen molar-refractivity contribution in [3.8, 4) is 0 Å². The van der Waals surface area contributed by atoms with Crippen LogP contribution in [0.4, 0.5) is 0 Å². The molecule has 1 aliphatic heterocycles. The van der Waals surface area contributed by atoms with Gasteiger partial charge in [0.25, 0.3) is 5.91 Å². The van der Waals surface area contributed by atoms with Crippen LogP contribution < -0.4 is 10.6 Å². The van der Waals surface area contributed by atoms with Crippen LogP contribution in [0, 0.1) is 5.41 Å². The Labute approximate surface area is 194 Å². The number of aliphatic hydroxyl groups excluding tert-OH is 2. The third-order valence-corrected chi connectivity index (χ3v) is 7.50. The lowest BCUT2D eigenvalue weighted by atomic mass is 9.87. The first-order valence-corrected chi connectivity index (χ1v) is 12.4. The third-order valence-electron chi connectivity index (χ3n) is 5.60. The van der Waals surface area contributed by atoms with Crippen molar-refractivity contribution in [3.05, 3.63) is 29.8 Å². The van der Waals surface area contributed by atoms with Crippen molar-refractivity contribution in [1.82, 2.24) is 14.9 Å². The van der Waals surface area contributed by atoms with Gasteiger partial charge in [0.15, 0.2) is 0 Å². The van der Waals surface area contributed by atoms with Crippen LogP contribution in [0.15, 0.2) is 29.2 Å². The minimum Gasteiger partial charge on any atom is -0.396 e. The summed E-state index contributed by atoms with van der Waals surface area (Å²) in [5.41, 5.74) is -0.501. The Bertz CT molecular complexity index is 956. The lowest BCUT2D eigenvalue weighted by Gasteiger charge is -2.27. The molecule has 4 N–H and O–H groups in total. The molecule has 184 valence electrons. The average Bonchev–Trinajstić information content (AvgIpc) is 2.82. The number of benzene rings is 1. The molecule has 1 aromatic rings. The molecule has 10 nitrogen and oxygen atoms in total. The van der Waals surface area contributed by atoms with Crippen molar-refractivity contribution in [2.75, 3.05) is 26.2 Å². The third kappa shape index (κ3) is 7.32. The highest BCUT2D eigenvalue weighted by Gasteiger charge is 2.33. The number of hydrogen-bond donors (Lipinski definition) is 4. The Kier molecular flexibility index (Phi) is 9.53. The summed E-state index contributed by atoms with van der Waals surface area (Å²) in [7, 11) is -3.60. The molecule has 0 spiro atoms. The van der Waals surface area contributed by atoms with Crippen LogP contribution in [0.25, 0.3) is 0 Å². The molecule has 1 aromatic carbocycles. The lowest BCUT2D eigenvalue weighted by Crippen LogP contribution is -2.46. The Morgan fingerprint density at radius 1 is 1.12 bits per heavy atom. The van der Waals surface area contributed by atoms with Gasteiger partial charge in [0, 0.05) is 38.0 Å². The first-order valence-electron chi connectivity index (χ1n) is 11.0. The first-order chi connectivity index (χ1) is 15.5. The number of carbonyl (C=O) groups is 3. The van der Waals surface area contributed by atoms with Gasteiger partial charge in [-0.15, -0.1) is 0 Å². The van der Waals surface area contributed by atoms with Crippen molar-refractivity contribution in [2.24, 2.45) is 5.41 Å². The SMILES string of the molecule is CC(C)(CO)[C@@H](O)C(=O)NCCC(=O)C(=O)NCc1cccc(S(=O)(=O)N2CCCCC2)c1. The number of rotatable bonds is 11. The quantitative estimate of drug-likeness (QED) is 0.321. The van der Waals surface area contributed by atoms with Crippen LogP contribution in [0.5, 0.6) is 0 Å². The van der Waals surface area contributed by atoms with Gasteiger partial charge in [-0.3, -0.25) is 14.4 Å². The zero-order valence-corrected chi connectivity index (χ0v) is 19.9. The molecule has 0 saturated carbocycles. The average molecular weight is 484 g/mol. The van der Waals surface area contributed by atoms with E-state index in [4.69, 9.17) is 0 Å². The topological polar surface area (TPSA) is 153 Å². The van der Waals surface area contributed by atoms with Gasteiger partial charge in [-0.25, -0.2) is 8.42 Å². The molecule has 0 bridgehead atoms. The van der Waals surface area contributed by atoms with Gasteiger partial charge in [-0.1, -0.05) is 32.4 Å². The molecule has 1 fully saturated rings. The summed E-state index contributed by atoms with van der Waals surface area (Å²) in [6.45, 7) is 3.44. The van der Waals surface area contributed by atoms with Gasteiger partial charge >= 0.3 is 0 Å². The van der Waals surface area contributed by atoms with E-state index < -0.39 is 45.7 Å².